The van der Waals surface area contributed by atoms with Gasteiger partial charge in [0.2, 0.25) is 15.9 Å². The molecule has 2 aromatic rings. The molecule has 1 atom stereocenters. The zero-order valence-electron chi connectivity index (χ0n) is 14.8. The Balaban J connectivity index is 2.04. The number of nitrogens with one attached hydrogen (secondary N) is 1. The Bertz CT molecular complexity index is 802. The molecule has 0 spiro atoms. The van der Waals surface area contributed by atoms with Gasteiger partial charge in [0, 0.05) is 6.54 Å². The first-order chi connectivity index (χ1) is 11.8. The molecule has 134 valence electrons. The molecule has 2 aromatic carbocycles. The first-order valence-electron chi connectivity index (χ1n) is 8.10. The molecule has 2 rings (SSSR count). The van der Waals surface area contributed by atoms with E-state index in [0.717, 1.165) is 22.9 Å². The largest absolute Gasteiger partial charge is 0.348 e. The van der Waals surface area contributed by atoms with Gasteiger partial charge in [-0.3, -0.25) is 4.79 Å². The van der Waals surface area contributed by atoms with E-state index >= 15 is 0 Å². The standard InChI is InChI=1S/C19H24N2O3S/c1-15-9-11-17(12-10-15)13-21(25(3,23)24)14-19(22)20-16(2)18-7-5-4-6-8-18/h4-12,16H,13-14H2,1-3H3,(H,20,22)/t16-/m0/s1. The quantitative estimate of drug-likeness (QED) is 0.825. The van der Waals surface area contributed by atoms with Crippen molar-refractivity contribution in [1.82, 2.24) is 9.62 Å². The van der Waals surface area contributed by atoms with Crippen molar-refractivity contribution in [2.45, 2.75) is 26.4 Å². The van der Waals surface area contributed by atoms with Crippen LogP contribution in [0.3, 0.4) is 0 Å². The summed E-state index contributed by atoms with van der Waals surface area (Å²) in [5.74, 6) is -0.325. The van der Waals surface area contributed by atoms with Crippen molar-refractivity contribution in [2.75, 3.05) is 12.8 Å². The number of hydrogen-bond donors (Lipinski definition) is 1. The highest BCUT2D eigenvalue weighted by Gasteiger charge is 2.21. The van der Waals surface area contributed by atoms with E-state index in [9.17, 15) is 13.2 Å². The van der Waals surface area contributed by atoms with Gasteiger partial charge in [-0.1, -0.05) is 60.2 Å². The Morgan fingerprint density at radius 2 is 1.68 bits per heavy atom. The van der Waals surface area contributed by atoms with Gasteiger partial charge in [-0.2, -0.15) is 4.31 Å². The second-order valence-corrected chi connectivity index (χ2v) is 8.20. The van der Waals surface area contributed by atoms with E-state index in [1.54, 1.807) is 0 Å². The summed E-state index contributed by atoms with van der Waals surface area (Å²) in [4.78, 5) is 12.3. The summed E-state index contributed by atoms with van der Waals surface area (Å²) in [6.45, 7) is 3.81. The third kappa shape index (κ3) is 5.99. The summed E-state index contributed by atoms with van der Waals surface area (Å²) in [5, 5.41) is 2.85. The SMILES string of the molecule is Cc1ccc(CN(CC(=O)N[C@@H](C)c2ccccc2)S(C)(=O)=O)cc1. The Morgan fingerprint density at radius 1 is 1.08 bits per heavy atom. The highest BCUT2D eigenvalue weighted by Crippen LogP contribution is 2.13. The van der Waals surface area contributed by atoms with E-state index < -0.39 is 10.0 Å². The van der Waals surface area contributed by atoms with Crippen LogP contribution in [0.5, 0.6) is 0 Å². The zero-order chi connectivity index (χ0) is 18.4. The number of amides is 1. The van der Waals surface area contributed by atoms with Crippen LogP contribution in [0.1, 0.15) is 29.7 Å². The minimum absolute atomic E-state index is 0.173. The lowest BCUT2D eigenvalue weighted by Crippen LogP contribution is -2.40. The number of hydrogen-bond acceptors (Lipinski definition) is 3. The van der Waals surface area contributed by atoms with E-state index in [1.165, 1.54) is 4.31 Å². The van der Waals surface area contributed by atoms with E-state index in [1.807, 2.05) is 68.4 Å². The number of sulfonamides is 1. The number of nitrogens with zero attached hydrogens (tertiary/aromatic N) is 1. The van der Waals surface area contributed by atoms with Crippen molar-refractivity contribution < 1.29 is 13.2 Å². The van der Waals surface area contributed by atoms with Gasteiger partial charge in [0.1, 0.15) is 0 Å². The molecule has 6 heteroatoms. The molecule has 0 aromatic heterocycles. The number of carbonyl (C=O) groups is 1. The minimum atomic E-state index is -3.50. The van der Waals surface area contributed by atoms with E-state index in [-0.39, 0.29) is 25.0 Å². The van der Waals surface area contributed by atoms with Gasteiger partial charge in [0.05, 0.1) is 18.8 Å². The van der Waals surface area contributed by atoms with Gasteiger partial charge in [-0.05, 0) is 25.0 Å². The maximum Gasteiger partial charge on any atom is 0.235 e. The minimum Gasteiger partial charge on any atom is -0.348 e. The van der Waals surface area contributed by atoms with Gasteiger partial charge in [0.25, 0.3) is 0 Å². The second-order valence-electron chi connectivity index (χ2n) is 6.22. The van der Waals surface area contributed by atoms with Gasteiger partial charge < -0.3 is 5.32 Å². The van der Waals surface area contributed by atoms with Gasteiger partial charge in [-0.25, -0.2) is 8.42 Å². The lowest BCUT2D eigenvalue weighted by Gasteiger charge is -2.21. The van der Waals surface area contributed by atoms with Crippen molar-refractivity contribution in [3.05, 3.63) is 71.3 Å². The molecule has 0 fully saturated rings. The van der Waals surface area contributed by atoms with Gasteiger partial charge in [0.15, 0.2) is 0 Å². The topological polar surface area (TPSA) is 66.5 Å². The summed E-state index contributed by atoms with van der Waals surface area (Å²) in [5.41, 5.74) is 2.92. The van der Waals surface area contributed by atoms with E-state index in [4.69, 9.17) is 0 Å². The molecule has 0 bridgehead atoms. The molecular weight excluding hydrogens is 336 g/mol. The van der Waals surface area contributed by atoms with Crippen LogP contribution in [0.25, 0.3) is 0 Å². The van der Waals surface area contributed by atoms with Crippen molar-refractivity contribution in [2.24, 2.45) is 0 Å². The van der Waals surface area contributed by atoms with Crippen LogP contribution in [-0.4, -0.2) is 31.4 Å². The predicted molar refractivity (Wildman–Crippen MR) is 99.4 cm³/mol. The maximum absolute atomic E-state index is 12.3. The summed E-state index contributed by atoms with van der Waals surface area (Å²) >= 11 is 0. The molecule has 1 amide bonds. The molecule has 0 heterocycles. The summed E-state index contributed by atoms with van der Waals surface area (Å²) < 4.78 is 25.3. The van der Waals surface area contributed by atoms with Crippen LogP contribution in [0.4, 0.5) is 0 Å². The Hall–Kier alpha value is -2.18. The number of carbonyl (C=O) groups excluding carboxylic acids is 1. The molecule has 0 aliphatic carbocycles. The average Bonchev–Trinajstić information content (AvgIpc) is 2.56. The van der Waals surface area contributed by atoms with Gasteiger partial charge in [-0.15, -0.1) is 0 Å². The highest BCUT2D eigenvalue weighted by atomic mass is 32.2. The number of benzene rings is 2. The lowest BCUT2D eigenvalue weighted by molar-refractivity contribution is -0.122. The monoisotopic (exact) mass is 360 g/mol. The summed E-state index contributed by atoms with van der Waals surface area (Å²) in [6, 6.07) is 17.0. The van der Waals surface area contributed by atoms with Crippen molar-refractivity contribution in [3.8, 4) is 0 Å². The smallest absolute Gasteiger partial charge is 0.235 e. The summed E-state index contributed by atoms with van der Waals surface area (Å²) in [6.07, 6.45) is 1.12. The second kappa shape index (κ2) is 8.27. The molecular formula is C19H24N2O3S. The first kappa shape index (κ1) is 19.1. The van der Waals surface area contributed by atoms with Gasteiger partial charge >= 0.3 is 0 Å². The van der Waals surface area contributed by atoms with Crippen molar-refractivity contribution in [1.29, 1.82) is 0 Å². The molecule has 0 aliphatic rings. The predicted octanol–water partition coefficient (Wildman–Crippen LogP) is 2.63. The van der Waals surface area contributed by atoms with Crippen LogP contribution >= 0.6 is 0 Å². The van der Waals surface area contributed by atoms with Crippen LogP contribution in [0.2, 0.25) is 0 Å². The zero-order valence-corrected chi connectivity index (χ0v) is 15.6. The Morgan fingerprint density at radius 3 is 2.24 bits per heavy atom. The Kier molecular flexibility index (Phi) is 6.33. The van der Waals surface area contributed by atoms with Crippen LogP contribution < -0.4 is 5.32 Å². The van der Waals surface area contributed by atoms with E-state index in [2.05, 4.69) is 5.32 Å². The first-order valence-corrected chi connectivity index (χ1v) is 9.95. The summed E-state index contributed by atoms with van der Waals surface area (Å²) in [7, 11) is -3.50. The van der Waals surface area contributed by atoms with Crippen molar-refractivity contribution >= 4 is 15.9 Å². The molecule has 0 aliphatic heterocycles. The Labute approximate surface area is 149 Å². The molecule has 1 N–H and O–H groups in total. The molecule has 5 nitrogen and oxygen atoms in total. The number of rotatable bonds is 7. The maximum atomic E-state index is 12.3. The van der Waals surface area contributed by atoms with Crippen LogP contribution in [0.15, 0.2) is 54.6 Å². The van der Waals surface area contributed by atoms with Crippen LogP contribution in [0, 0.1) is 6.92 Å². The molecule has 0 saturated carbocycles. The molecule has 0 unspecified atom stereocenters. The molecule has 25 heavy (non-hydrogen) atoms. The normalized spacial score (nSPS) is 12.8. The molecule has 0 radical (unpaired) electrons. The lowest BCUT2D eigenvalue weighted by atomic mass is 10.1. The fourth-order valence-electron chi connectivity index (χ4n) is 2.46. The molecule has 0 saturated heterocycles. The third-order valence-corrected chi connectivity index (χ3v) is 5.14. The van der Waals surface area contributed by atoms with E-state index in [0.29, 0.717) is 0 Å². The fraction of sp³-hybridized carbons (Fsp3) is 0.316. The third-order valence-electron chi connectivity index (χ3n) is 3.95. The average molecular weight is 360 g/mol. The highest BCUT2D eigenvalue weighted by molar-refractivity contribution is 7.88. The number of aryl methyl sites for hydroxylation is 1. The van der Waals surface area contributed by atoms with Crippen molar-refractivity contribution in [3.63, 3.8) is 0 Å². The fourth-order valence-corrected chi connectivity index (χ4v) is 3.20. The van der Waals surface area contributed by atoms with Crippen LogP contribution in [-0.2, 0) is 21.4 Å².